The Hall–Kier alpha value is -1.07. The molecule has 2 aliphatic rings. The molecule has 0 aromatic carbocycles. The number of imidazole rings is 1. The summed E-state index contributed by atoms with van der Waals surface area (Å²) < 4.78 is 7.62. The van der Waals surface area contributed by atoms with Gasteiger partial charge in [-0.25, -0.2) is 4.98 Å². The summed E-state index contributed by atoms with van der Waals surface area (Å²) in [5.74, 6) is 1.04. The van der Waals surface area contributed by atoms with Crippen LogP contribution in [0.2, 0.25) is 0 Å². The summed E-state index contributed by atoms with van der Waals surface area (Å²) in [6.45, 7) is 5.95. The Morgan fingerprint density at radius 1 is 1.21 bits per heavy atom. The van der Waals surface area contributed by atoms with Crippen LogP contribution in [0.3, 0.4) is 0 Å². The summed E-state index contributed by atoms with van der Waals surface area (Å²) in [6.07, 6.45) is 9.26. The lowest BCUT2D eigenvalue weighted by molar-refractivity contribution is 0.0364. The van der Waals surface area contributed by atoms with E-state index in [1.807, 2.05) is 6.20 Å². The average molecular weight is 264 g/mol. The van der Waals surface area contributed by atoms with Crippen LogP contribution in [0.4, 0.5) is 5.95 Å². The van der Waals surface area contributed by atoms with Crippen molar-refractivity contribution in [2.45, 2.75) is 38.3 Å². The third-order valence-electron chi connectivity index (χ3n) is 4.16. The Morgan fingerprint density at radius 2 is 2.00 bits per heavy atom. The van der Waals surface area contributed by atoms with E-state index in [0.717, 1.165) is 45.3 Å². The number of nitrogens with one attached hydrogen (secondary N) is 1. The van der Waals surface area contributed by atoms with Gasteiger partial charge in [0.25, 0.3) is 0 Å². The topological polar surface area (TPSA) is 42.3 Å². The third-order valence-corrected chi connectivity index (χ3v) is 4.16. The molecular formula is C14H24N4O. The standard InChI is InChI=1S/C14H24N4O/c1-2-4-13(3-1)16-14-15-5-6-18(14)8-7-17-9-11-19-12-10-17/h5-6,13H,1-4,7-12H2,(H,15,16). The average Bonchev–Trinajstić information content (AvgIpc) is 3.10. The van der Waals surface area contributed by atoms with Gasteiger partial charge < -0.3 is 14.6 Å². The van der Waals surface area contributed by atoms with Crippen LogP contribution in [-0.2, 0) is 11.3 Å². The molecule has 1 N–H and O–H groups in total. The molecular weight excluding hydrogens is 240 g/mol. The minimum atomic E-state index is 0.629. The maximum absolute atomic E-state index is 5.38. The molecule has 5 nitrogen and oxygen atoms in total. The summed E-state index contributed by atoms with van der Waals surface area (Å²) in [5.41, 5.74) is 0. The van der Waals surface area contributed by atoms with E-state index in [0.29, 0.717) is 6.04 Å². The molecule has 1 aromatic heterocycles. The van der Waals surface area contributed by atoms with Crippen LogP contribution in [-0.4, -0.2) is 53.3 Å². The normalized spacial score (nSPS) is 21.9. The largest absolute Gasteiger partial charge is 0.379 e. The smallest absolute Gasteiger partial charge is 0.203 e. The van der Waals surface area contributed by atoms with Crippen molar-refractivity contribution in [1.29, 1.82) is 0 Å². The molecule has 5 heteroatoms. The van der Waals surface area contributed by atoms with E-state index in [2.05, 4.69) is 26.0 Å². The molecule has 1 saturated carbocycles. The molecule has 0 unspecified atom stereocenters. The lowest BCUT2D eigenvalue weighted by Crippen LogP contribution is -2.38. The highest BCUT2D eigenvalue weighted by Crippen LogP contribution is 2.21. The van der Waals surface area contributed by atoms with Crippen molar-refractivity contribution in [2.24, 2.45) is 0 Å². The van der Waals surface area contributed by atoms with Crippen molar-refractivity contribution in [3.63, 3.8) is 0 Å². The van der Waals surface area contributed by atoms with Crippen LogP contribution < -0.4 is 5.32 Å². The van der Waals surface area contributed by atoms with Gasteiger partial charge in [-0.3, -0.25) is 4.90 Å². The maximum atomic E-state index is 5.38. The van der Waals surface area contributed by atoms with Crippen molar-refractivity contribution in [2.75, 3.05) is 38.2 Å². The van der Waals surface area contributed by atoms with E-state index >= 15 is 0 Å². The Balaban J connectivity index is 1.51. The van der Waals surface area contributed by atoms with Gasteiger partial charge in [0.2, 0.25) is 5.95 Å². The molecule has 19 heavy (non-hydrogen) atoms. The Kier molecular flexibility index (Phi) is 4.35. The fraction of sp³-hybridized carbons (Fsp3) is 0.786. The first-order chi connectivity index (χ1) is 9.42. The van der Waals surface area contributed by atoms with Crippen LogP contribution in [0.5, 0.6) is 0 Å². The van der Waals surface area contributed by atoms with Gasteiger partial charge in [-0.05, 0) is 12.8 Å². The number of morpholine rings is 1. The van der Waals surface area contributed by atoms with Crippen molar-refractivity contribution in [1.82, 2.24) is 14.5 Å². The van der Waals surface area contributed by atoms with Crippen molar-refractivity contribution in [3.8, 4) is 0 Å². The quantitative estimate of drug-likeness (QED) is 0.876. The van der Waals surface area contributed by atoms with Crippen LogP contribution in [0.25, 0.3) is 0 Å². The van der Waals surface area contributed by atoms with Crippen LogP contribution in [0.15, 0.2) is 12.4 Å². The number of ether oxygens (including phenoxy) is 1. The molecule has 0 radical (unpaired) electrons. The molecule has 1 aliphatic heterocycles. The third kappa shape index (κ3) is 3.48. The first-order valence-electron chi connectivity index (χ1n) is 7.49. The number of hydrogen-bond donors (Lipinski definition) is 1. The zero-order valence-corrected chi connectivity index (χ0v) is 11.6. The van der Waals surface area contributed by atoms with Gasteiger partial charge in [-0.1, -0.05) is 12.8 Å². The molecule has 2 heterocycles. The second-order valence-electron chi connectivity index (χ2n) is 5.52. The highest BCUT2D eigenvalue weighted by molar-refractivity contribution is 5.27. The van der Waals surface area contributed by atoms with E-state index in [-0.39, 0.29) is 0 Å². The van der Waals surface area contributed by atoms with E-state index in [9.17, 15) is 0 Å². The second-order valence-corrected chi connectivity index (χ2v) is 5.52. The molecule has 0 atom stereocenters. The Labute approximate surface area is 114 Å². The van der Waals surface area contributed by atoms with E-state index in [1.54, 1.807) is 0 Å². The van der Waals surface area contributed by atoms with Gasteiger partial charge in [-0.2, -0.15) is 0 Å². The Morgan fingerprint density at radius 3 is 2.79 bits per heavy atom. The van der Waals surface area contributed by atoms with Gasteiger partial charge >= 0.3 is 0 Å². The fourth-order valence-corrected chi connectivity index (χ4v) is 2.96. The summed E-state index contributed by atoms with van der Waals surface area (Å²) in [6, 6.07) is 0.629. The molecule has 0 spiro atoms. The van der Waals surface area contributed by atoms with Crippen molar-refractivity contribution in [3.05, 3.63) is 12.4 Å². The van der Waals surface area contributed by atoms with Crippen LogP contribution >= 0.6 is 0 Å². The zero-order chi connectivity index (χ0) is 12.9. The maximum Gasteiger partial charge on any atom is 0.203 e. The number of aromatic nitrogens is 2. The van der Waals surface area contributed by atoms with Crippen molar-refractivity contribution < 1.29 is 4.74 Å². The summed E-state index contributed by atoms with van der Waals surface area (Å²) in [5, 5.41) is 3.59. The van der Waals surface area contributed by atoms with Gasteiger partial charge in [0.1, 0.15) is 0 Å². The SMILES string of the molecule is c1cn(CCN2CCOCC2)c(NC2CCCC2)n1. The summed E-state index contributed by atoms with van der Waals surface area (Å²) in [4.78, 5) is 6.91. The number of nitrogens with zero attached hydrogens (tertiary/aromatic N) is 3. The second kappa shape index (κ2) is 6.39. The molecule has 106 valence electrons. The van der Waals surface area contributed by atoms with Gasteiger partial charge in [-0.15, -0.1) is 0 Å². The van der Waals surface area contributed by atoms with Crippen molar-refractivity contribution >= 4 is 5.95 Å². The predicted octanol–water partition coefficient (Wildman–Crippen LogP) is 1.57. The van der Waals surface area contributed by atoms with E-state index in [1.165, 1.54) is 25.7 Å². The first kappa shape index (κ1) is 12.9. The predicted molar refractivity (Wildman–Crippen MR) is 75.4 cm³/mol. The lowest BCUT2D eigenvalue weighted by atomic mass is 10.2. The summed E-state index contributed by atoms with van der Waals surface area (Å²) >= 11 is 0. The molecule has 1 saturated heterocycles. The molecule has 3 rings (SSSR count). The zero-order valence-electron chi connectivity index (χ0n) is 11.6. The molecule has 1 aromatic rings. The number of hydrogen-bond acceptors (Lipinski definition) is 4. The van der Waals surface area contributed by atoms with E-state index < -0.39 is 0 Å². The van der Waals surface area contributed by atoms with Crippen LogP contribution in [0.1, 0.15) is 25.7 Å². The first-order valence-corrected chi connectivity index (χ1v) is 7.49. The van der Waals surface area contributed by atoms with Gasteiger partial charge in [0.05, 0.1) is 13.2 Å². The van der Waals surface area contributed by atoms with E-state index in [4.69, 9.17) is 4.74 Å². The molecule has 0 amide bonds. The van der Waals surface area contributed by atoms with Gasteiger partial charge in [0.15, 0.2) is 0 Å². The Bertz CT molecular complexity index is 381. The fourth-order valence-electron chi connectivity index (χ4n) is 2.96. The molecule has 0 bridgehead atoms. The molecule has 1 aliphatic carbocycles. The highest BCUT2D eigenvalue weighted by Gasteiger charge is 2.17. The molecule has 2 fully saturated rings. The number of rotatable bonds is 5. The summed E-state index contributed by atoms with van der Waals surface area (Å²) in [7, 11) is 0. The number of anilines is 1. The minimum Gasteiger partial charge on any atom is -0.379 e. The highest BCUT2D eigenvalue weighted by atomic mass is 16.5. The monoisotopic (exact) mass is 264 g/mol. The van der Waals surface area contributed by atoms with Gasteiger partial charge in [0, 0.05) is 44.6 Å². The lowest BCUT2D eigenvalue weighted by Gasteiger charge is -2.27. The van der Waals surface area contributed by atoms with Crippen LogP contribution in [0, 0.1) is 0 Å². The minimum absolute atomic E-state index is 0.629.